The highest BCUT2D eigenvalue weighted by Crippen LogP contribution is 2.26. The van der Waals surface area contributed by atoms with Crippen LogP contribution in [-0.2, 0) is 6.54 Å². The van der Waals surface area contributed by atoms with E-state index in [0.717, 1.165) is 25.2 Å². The van der Waals surface area contributed by atoms with Crippen LogP contribution in [0.3, 0.4) is 0 Å². The average molecular weight is 434 g/mol. The number of urea groups is 1. The van der Waals surface area contributed by atoms with Gasteiger partial charge in [-0.2, -0.15) is 0 Å². The molecule has 1 aliphatic rings. The van der Waals surface area contributed by atoms with E-state index in [-0.39, 0.29) is 23.4 Å². The molecular weight excluding hydrogens is 409 g/mol. The highest BCUT2D eigenvalue weighted by Gasteiger charge is 2.26. The first-order chi connectivity index (χ1) is 14.4. The number of nitrogens with zero attached hydrogens (tertiary/aromatic N) is 3. The highest BCUT2D eigenvalue weighted by atomic mass is 35.5. The fraction of sp³-hybridized carbons (Fsp3) is 0.364. The number of aliphatic hydroxyl groups is 1. The zero-order valence-electron chi connectivity index (χ0n) is 16.9. The second-order valence-corrected chi connectivity index (χ2v) is 7.57. The van der Waals surface area contributed by atoms with Gasteiger partial charge in [-0.1, -0.05) is 42.8 Å². The Morgan fingerprint density at radius 3 is 2.33 bits per heavy atom. The molecule has 0 saturated carbocycles. The molecule has 8 heteroatoms. The van der Waals surface area contributed by atoms with E-state index >= 15 is 0 Å². The molecule has 0 aliphatic carbocycles. The van der Waals surface area contributed by atoms with Gasteiger partial charge in [0.15, 0.2) is 5.78 Å². The molecule has 0 spiro atoms. The first kappa shape index (κ1) is 22.2. The molecule has 0 bridgehead atoms. The van der Waals surface area contributed by atoms with E-state index in [2.05, 4.69) is 11.8 Å². The molecule has 0 unspecified atom stereocenters. The molecule has 30 heavy (non-hydrogen) atoms. The smallest absolute Gasteiger partial charge is 0.324 e. The molecule has 2 aromatic carbocycles. The minimum atomic E-state index is -0.554. The Kier molecular flexibility index (Phi) is 7.42. The number of carbonyl (C=O) groups is 2. The number of anilines is 1. The Balaban J connectivity index is 1.85. The summed E-state index contributed by atoms with van der Waals surface area (Å²) in [6, 6.07) is 10.8. The van der Waals surface area contributed by atoms with Gasteiger partial charge in [-0.15, -0.1) is 0 Å². The van der Waals surface area contributed by atoms with Crippen LogP contribution in [0.5, 0.6) is 0 Å². The second-order valence-electron chi connectivity index (χ2n) is 7.17. The maximum atomic E-state index is 13.7. The first-order valence-corrected chi connectivity index (χ1v) is 10.3. The van der Waals surface area contributed by atoms with Crippen LogP contribution >= 0.6 is 11.6 Å². The molecule has 6 nitrogen and oxygen atoms in total. The maximum absolute atomic E-state index is 13.7. The lowest BCUT2D eigenvalue weighted by Gasteiger charge is -2.37. The first-order valence-electron chi connectivity index (χ1n) is 9.89. The Morgan fingerprint density at radius 1 is 1.10 bits per heavy atom. The summed E-state index contributed by atoms with van der Waals surface area (Å²) in [5, 5.41) is 8.95. The molecule has 0 aromatic heterocycles. The van der Waals surface area contributed by atoms with Gasteiger partial charge in [0, 0.05) is 37.4 Å². The summed E-state index contributed by atoms with van der Waals surface area (Å²) in [6.45, 7) is 5.55. The number of hydrogen-bond acceptors (Lipinski definition) is 4. The van der Waals surface area contributed by atoms with Gasteiger partial charge in [0.1, 0.15) is 12.4 Å². The Bertz CT molecular complexity index is 899. The molecule has 1 fully saturated rings. The quantitative estimate of drug-likeness (QED) is 0.709. The average Bonchev–Trinajstić information content (AvgIpc) is 2.79. The molecule has 3 rings (SSSR count). The number of aliphatic hydroxyl groups excluding tert-OH is 1. The SMILES string of the molecule is CCN1CCN(C(=O)N(Cc2ccc(C(=O)CO)cc2)c2ccc(F)c(Cl)c2)CC1. The zero-order valence-corrected chi connectivity index (χ0v) is 17.6. The molecule has 0 atom stereocenters. The summed E-state index contributed by atoms with van der Waals surface area (Å²) in [5.41, 5.74) is 1.70. The molecular formula is C22H25ClFN3O3. The molecule has 2 amide bonds. The van der Waals surface area contributed by atoms with Crippen molar-refractivity contribution in [3.8, 4) is 0 Å². The molecule has 160 valence electrons. The second kappa shape index (κ2) is 10.0. The van der Waals surface area contributed by atoms with Crippen molar-refractivity contribution in [3.63, 3.8) is 0 Å². The van der Waals surface area contributed by atoms with E-state index < -0.39 is 12.4 Å². The van der Waals surface area contributed by atoms with Gasteiger partial charge in [0.25, 0.3) is 0 Å². The van der Waals surface area contributed by atoms with E-state index in [1.165, 1.54) is 18.2 Å². The highest BCUT2D eigenvalue weighted by molar-refractivity contribution is 6.31. The third-order valence-electron chi connectivity index (χ3n) is 5.30. The summed E-state index contributed by atoms with van der Waals surface area (Å²) >= 11 is 5.97. The topological polar surface area (TPSA) is 64.1 Å². The number of Topliss-reactive ketones (excluding diaryl/α,β-unsaturated/α-hetero) is 1. The molecule has 1 saturated heterocycles. The van der Waals surface area contributed by atoms with Crippen LogP contribution in [0.15, 0.2) is 42.5 Å². The van der Waals surface area contributed by atoms with E-state index in [9.17, 15) is 14.0 Å². The normalized spacial score (nSPS) is 14.6. The third kappa shape index (κ3) is 5.16. The number of likely N-dealkylation sites (N-methyl/N-ethyl adjacent to an activating group) is 1. The molecule has 1 N–H and O–H groups in total. The van der Waals surface area contributed by atoms with Gasteiger partial charge < -0.3 is 14.9 Å². The summed E-state index contributed by atoms with van der Waals surface area (Å²) in [5.74, 6) is -0.912. The van der Waals surface area contributed by atoms with E-state index in [1.807, 2.05) is 0 Å². The number of rotatable bonds is 6. The number of benzene rings is 2. The molecule has 2 aromatic rings. The van der Waals surface area contributed by atoms with Gasteiger partial charge in [0.05, 0.1) is 11.6 Å². The summed E-state index contributed by atoms with van der Waals surface area (Å²) in [4.78, 5) is 30.6. The van der Waals surface area contributed by atoms with Crippen LogP contribution in [-0.4, -0.2) is 66.1 Å². The fourth-order valence-electron chi connectivity index (χ4n) is 3.42. The van der Waals surface area contributed by atoms with Gasteiger partial charge in [-0.3, -0.25) is 9.69 Å². The van der Waals surface area contributed by atoms with Crippen molar-refractivity contribution < 1.29 is 19.1 Å². The minimum Gasteiger partial charge on any atom is -0.388 e. The van der Waals surface area contributed by atoms with Crippen molar-refractivity contribution in [2.75, 3.05) is 44.2 Å². The van der Waals surface area contributed by atoms with Crippen LogP contribution in [0.25, 0.3) is 0 Å². The van der Waals surface area contributed by atoms with Gasteiger partial charge in [-0.25, -0.2) is 9.18 Å². The predicted octanol–water partition coefficient (Wildman–Crippen LogP) is 3.42. The van der Waals surface area contributed by atoms with Crippen molar-refractivity contribution in [3.05, 3.63) is 64.4 Å². The third-order valence-corrected chi connectivity index (χ3v) is 5.59. The van der Waals surface area contributed by atoms with E-state index in [4.69, 9.17) is 16.7 Å². The van der Waals surface area contributed by atoms with Crippen LogP contribution in [0.1, 0.15) is 22.8 Å². The number of halogens is 2. The summed E-state index contributed by atoms with van der Waals surface area (Å²) in [6.07, 6.45) is 0. The van der Waals surface area contributed by atoms with Crippen molar-refractivity contribution >= 4 is 29.1 Å². The van der Waals surface area contributed by atoms with Crippen LogP contribution in [0, 0.1) is 5.82 Å². The lowest BCUT2D eigenvalue weighted by atomic mass is 10.1. The molecule has 0 radical (unpaired) electrons. The van der Waals surface area contributed by atoms with Crippen molar-refractivity contribution in [2.24, 2.45) is 0 Å². The number of hydrogen-bond donors (Lipinski definition) is 1. The molecule has 1 heterocycles. The lowest BCUT2D eigenvalue weighted by Crippen LogP contribution is -2.52. The predicted molar refractivity (Wildman–Crippen MR) is 115 cm³/mol. The minimum absolute atomic E-state index is 0.0509. The standard InChI is InChI=1S/C22H25ClFN3O3/c1-2-25-9-11-26(12-10-25)22(30)27(18-7-8-20(24)19(23)13-18)14-16-3-5-17(6-4-16)21(29)15-28/h3-8,13,28H,2,9-12,14-15H2,1H3. The van der Waals surface area contributed by atoms with Crippen LogP contribution in [0.4, 0.5) is 14.9 Å². The summed E-state index contributed by atoms with van der Waals surface area (Å²) < 4.78 is 13.7. The van der Waals surface area contributed by atoms with Crippen molar-refractivity contribution in [1.29, 1.82) is 0 Å². The number of ketones is 1. The Hall–Kier alpha value is -2.48. The Labute approximate surface area is 180 Å². The van der Waals surface area contributed by atoms with Gasteiger partial charge in [-0.05, 0) is 30.3 Å². The van der Waals surface area contributed by atoms with Crippen molar-refractivity contribution in [2.45, 2.75) is 13.5 Å². The van der Waals surface area contributed by atoms with E-state index in [0.29, 0.717) is 24.3 Å². The monoisotopic (exact) mass is 433 g/mol. The van der Waals surface area contributed by atoms with Crippen LogP contribution in [0.2, 0.25) is 5.02 Å². The Morgan fingerprint density at radius 2 is 1.77 bits per heavy atom. The van der Waals surface area contributed by atoms with Crippen molar-refractivity contribution in [1.82, 2.24) is 9.80 Å². The van der Waals surface area contributed by atoms with Crippen LogP contribution < -0.4 is 4.90 Å². The van der Waals surface area contributed by atoms with Gasteiger partial charge in [0.2, 0.25) is 0 Å². The number of amides is 2. The zero-order chi connectivity index (χ0) is 21.7. The fourth-order valence-corrected chi connectivity index (χ4v) is 3.59. The van der Waals surface area contributed by atoms with Gasteiger partial charge >= 0.3 is 6.03 Å². The largest absolute Gasteiger partial charge is 0.388 e. The number of carbonyl (C=O) groups excluding carboxylic acids is 2. The summed E-state index contributed by atoms with van der Waals surface area (Å²) in [7, 11) is 0. The number of piperazine rings is 1. The lowest BCUT2D eigenvalue weighted by molar-refractivity contribution is 0.0903. The maximum Gasteiger partial charge on any atom is 0.324 e. The molecule has 1 aliphatic heterocycles. The van der Waals surface area contributed by atoms with E-state index in [1.54, 1.807) is 34.1 Å².